The van der Waals surface area contributed by atoms with Crippen LogP contribution in [-0.4, -0.2) is 18.0 Å². The summed E-state index contributed by atoms with van der Waals surface area (Å²) >= 11 is 0. The molecule has 0 heterocycles. The summed E-state index contributed by atoms with van der Waals surface area (Å²) in [5, 5.41) is 10.4. The van der Waals surface area contributed by atoms with Crippen molar-refractivity contribution in [3.05, 3.63) is 29.1 Å². The monoisotopic (exact) mass is 222 g/mol. The highest BCUT2D eigenvalue weighted by Crippen LogP contribution is 2.21. The second-order valence-corrected chi connectivity index (χ2v) is 3.85. The van der Waals surface area contributed by atoms with Crippen LogP contribution in [0, 0.1) is 18.2 Å². The van der Waals surface area contributed by atoms with Crippen molar-refractivity contribution in [3.8, 4) is 0 Å². The summed E-state index contributed by atoms with van der Waals surface area (Å²) in [5.74, 6) is -0.464. The van der Waals surface area contributed by atoms with Crippen LogP contribution < -0.4 is 5.32 Å². The van der Waals surface area contributed by atoms with E-state index < -0.39 is 5.82 Å². The Morgan fingerprint density at radius 2 is 2.06 bits per heavy atom. The molecule has 0 radical (unpaired) electrons. The molecule has 0 aliphatic rings. The zero-order chi connectivity index (χ0) is 12.3. The van der Waals surface area contributed by atoms with Gasteiger partial charge in [-0.3, -0.25) is 4.79 Å². The van der Waals surface area contributed by atoms with Crippen LogP contribution in [0.3, 0.4) is 0 Å². The van der Waals surface area contributed by atoms with Crippen molar-refractivity contribution >= 4 is 17.2 Å². The number of rotatable bonds is 4. The number of aryl methyl sites for hydroxylation is 1. The minimum Gasteiger partial charge on any atom is -0.377 e. The predicted molar refractivity (Wildman–Crippen MR) is 62.8 cm³/mol. The maximum atomic E-state index is 13.6. The van der Waals surface area contributed by atoms with Gasteiger partial charge in [0.25, 0.3) is 0 Å². The predicted octanol–water partition coefficient (Wildman–Crippen LogP) is 2.52. The largest absolute Gasteiger partial charge is 0.377 e. The topological polar surface area (TPSA) is 53.0 Å². The molecule has 0 aromatic heterocycles. The van der Waals surface area contributed by atoms with Crippen LogP contribution in [0.5, 0.6) is 0 Å². The molecule has 1 aromatic rings. The fourth-order valence-corrected chi connectivity index (χ4v) is 1.48. The highest BCUT2D eigenvalue weighted by Gasteiger charge is 2.11. The molecular weight excluding hydrogens is 207 g/mol. The van der Waals surface area contributed by atoms with Crippen LogP contribution in [0.25, 0.3) is 0 Å². The van der Waals surface area contributed by atoms with Crippen LogP contribution in [-0.2, 0) is 4.79 Å². The first-order valence-electron chi connectivity index (χ1n) is 5.00. The van der Waals surface area contributed by atoms with E-state index in [1.807, 2.05) is 0 Å². The van der Waals surface area contributed by atoms with Crippen LogP contribution in [0.1, 0.15) is 25.0 Å². The van der Waals surface area contributed by atoms with E-state index in [1.165, 1.54) is 19.9 Å². The zero-order valence-corrected chi connectivity index (χ0v) is 9.65. The molecule has 86 valence electrons. The fourth-order valence-electron chi connectivity index (χ4n) is 1.48. The summed E-state index contributed by atoms with van der Waals surface area (Å²) in [6, 6.07) is 3.12. The number of nitrogens with one attached hydrogen (secondary N) is 2. The molecule has 0 amide bonds. The van der Waals surface area contributed by atoms with E-state index in [2.05, 4.69) is 5.32 Å². The first kappa shape index (κ1) is 12.4. The molecule has 0 spiro atoms. The number of hydrogen-bond acceptors (Lipinski definition) is 3. The molecule has 0 saturated heterocycles. The SMILES string of the molecule is CC(=N)c1c(F)cc(C)cc1NCC(C)=O. The average Bonchev–Trinajstić information content (AvgIpc) is 2.12. The van der Waals surface area contributed by atoms with Crippen LogP contribution in [0.15, 0.2) is 12.1 Å². The standard InChI is InChI=1S/C12H15FN2O/c1-7-4-10(13)12(9(3)14)11(5-7)15-6-8(2)16/h4-5,14-15H,6H2,1-3H3. The number of Topliss-reactive ketones (excluding diaryl/α,β-unsaturated/α-hetero) is 1. The van der Waals surface area contributed by atoms with E-state index in [-0.39, 0.29) is 23.6 Å². The van der Waals surface area contributed by atoms with Gasteiger partial charge in [-0.2, -0.15) is 0 Å². The highest BCUT2D eigenvalue weighted by molar-refractivity contribution is 6.02. The highest BCUT2D eigenvalue weighted by atomic mass is 19.1. The van der Waals surface area contributed by atoms with Gasteiger partial charge in [0, 0.05) is 11.4 Å². The lowest BCUT2D eigenvalue weighted by atomic mass is 10.0. The molecule has 0 bridgehead atoms. The molecule has 0 aliphatic heterocycles. The zero-order valence-electron chi connectivity index (χ0n) is 9.65. The van der Waals surface area contributed by atoms with Gasteiger partial charge < -0.3 is 10.7 Å². The summed E-state index contributed by atoms with van der Waals surface area (Å²) in [6.07, 6.45) is 0. The molecular formula is C12H15FN2O. The number of ketones is 1. The molecule has 0 fully saturated rings. The lowest BCUT2D eigenvalue weighted by molar-refractivity contribution is -0.115. The Labute approximate surface area is 94.2 Å². The summed E-state index contributed by atoms with van der Waals surface area (Å²) in [5.41, 5.74) is 1.63. The molecule has 16 heavy (non-hydrogen) atoms. The quantitative estimate of drug-likeness (QED) is 0.769. The Hall–Kier alpha value is -1.71. The number of carbonyl (C=O) groups is 1. The van der Waals surface area contributed by atoms with E-state index in [4.69, 9.17) is 5.41 Å². The molecule has 1 aromatic carbocycles. The third-order valence-electron chi connectivity index (χ3n) is 2.14. The van der Waals surface area contributed by atoms with Gasteiger partial charge in [0.05, 0.1) is 12.1 Å². The van der Waals surface area contributed by atoms with Crippen molar-refractivity contribution in [2.45, 2.75) is 20.8 Å². The van der Waals surface area contributed by atoms with Gasteiger partial charge in [-0.05, 0) is 38.5 Å². The van der Waals surface area contributed by atoms with Gasteiger partial charge >= 0.3 is 0 Å². The number of hydrogen-bond donors (Lipinski definition) is 2. The van der Waals surface area contributed by atoms with Gasteiger partial charge in [0.15, 0.2) is 0 Å². The summed E-state index contributed by atoms with van der Waals surface area (Å²) in [6.45, 7) is 4.89. The molecule has 0 saturated carbocycles. The normalized spacial score (nSPS) is 10.0. The Morgan fingerprint density at radius 1 is 1.44 bits per heavy atom. The van der Waals surface area contributed by atoms with Crippen molar-refractivity contribution in [3.63, 3.8) is 0 Å². The van der Waals surface area contributed by atoms with Gasteiger partial charge in [-0.1, -0.05) is 0 Å². The van der Waals surface area contributed by atoms with Gasteiger partial charge in [-0.15, -0.1) is 0 Å². The molecule has 4 heteroatoms. The van der Waals surface area contributed by atoms with Gasteiger partial charge in [0.1, 0.15) is 11.6 Å². The first-order chi connectivity index (χ1) is 7.41. The second-order valence-electron chi connectivity index (χ2n) is 3.85. The minimum absolute atomic E-state index is 0.0319. The van der Waals surface area contributed by atoms with Crippen LogP contribution in [0.4, 0.5) is 10.1 Å². The van der Waals surface area contributed by atoms with E-state index in [0.717, 1.165) is 5.56 Å². The summed E-state index contributed by atoms with van der Waals surface area (Å²) in [4.78, 5) is 10.9. The fraction of sp³-hybridized carbons (Fsp3) is 0.333. The van der Waals surface area contributed by atoms with Crippen molar-refractivity contribution in [1.29, 1.82) is 5.41 Å². The van der Waals surface area contributed by atoms with Crippen LogP contribution in [0.2, 0.25) is 0 Å². The molecule has 1 rings (SSSR count). The summed E-state index contributed by atoms with van der Waals surface area (Å²) < 4.78 is 13.6. The Bertz CT molecular complexity index is 441. The summed E-state index contributed by atoms with van der Waals surface area (Å²) in [7, 11) is 0. The Balaban J connectivity index is 3.13. The molecule has 0 aliphatic carbocycles. The number of anilines is 1. The number of benzene rings is 1. The molecule has 0 atom stereocenters. The van der Waals surface area contributed by atoms with E-state index in [0.29, 0.717) is 5.69 Å². The maximum Gasteiger partial charge on any atom is 0.148 e. The van der Waals surface area contributed by atoms with E-state index >= 15 is 0 Å². The first-order valence-corrected chi connectivity index (χ1v) is 5.00. The van der Waals surface area contributed by atoms with Crippen molar-refractivity contribution in [1.82, 2.24) is 0 Å². The smallest absolute Gasteiger partial charge is 0.148 e. The lowest BCUT2D eigenvalue weighted by Crippen LogP contribution is -2.13. The third-order valence-corrected chi connectivity index (χ3v) is 2.14. The maximum absolute atomic E-state index is 13.6. The minimum atomic E-state index is -0.432. The van der Waals surface area contributed by atoms with Crippen molar-refractivity contribution in [2.24, 2.45) is 0 Å². The van der Waals surface area contributed by atoms with E-state index in [1.54, 1.807) is 13.0 Å². The average molecular weight is 222 g/mol. The van der Waals surface area contributed by atoms with Crippen molar-refractivity contribution < 1.29 is 9.18 Å². The van der Waals surface area contributed by atoms with Crippen LogP contribution >= 0.6 is 0 Å². The molecule has 3 nitrogen and oxygen atoms in total. The Kier molecular flexibility index (Phi) is 3.77. The number of halogens is 1. The number of carbonyl (C=O) groups excluding carboxylic acids is 1. The van der Waals surface area contributed by atoms with Gasteiger partial charge in [0.2, 0.25) is 0 Å². The van der Waals surface area contributed by atoms with Crippen molar-refractivity contribution in [2.75, 3.05) is 11.9 Å². The Morgan fingerprint density at radius 3 is 2.56 bits per heavy atom. The second kappa shape index (κ2) is 4.88. The van der Waals surface area contributed by atoms with E-state index in [9.17, 15) is 9.18 Å². The molecule has 2 N–H and O–H groups in total. The lowest BCUT2D eigenvalue weighted by Gasteiger charge is -2.12. The molecule has 0 unspecified atom stereocenters. The van der Waals surface area contributed by atoms with Gasteiger partial charge in [-0.25, -0.2) is 4.39 Å². The third kappa shape index (κ3) is 2.89.